The van der Waals surface area contributed by atoms with Crippen LogP contribution in [0.25, 0.3) is 6.08 Å². The van der Waals surface area contributed by atoms with E-state index in [-0.39, 0.29) is 5.91 Å². The van der Waals surface area contributed by atoms with Crippen LogP contribution in [0.3, 0.4) is 0 Å². The van der Waals surface area contributed by atoms with Gasteiger partial charge in [0.05, 0.1) is 0 Å². The number of carbonyl (C=O) groups is 1. The van der Waals surface area contributed by atoms with Gasteiger partial charge in [-0.25, -0.2) is 0 Å². The van der Waals surface area contributed by atoms with Crippen LogP contribution < -0.4 is 5.32 Å². The highest BCUT2D eigenvalue weighted by Gasteiger charge is 2.54. The van der Waals surface area contributed by atoms with E-state index >= 15 is 0 Å². The molecular weight excluding hydrogens is 334 g/mol. The van der Waals surface area contributed by atoms with Gasteiger partial charge in [-0.2, -0.15) is 0 Å². The zero-order valence-corrected chi connectivity index (χ0v) is 15.6. The monoisotopic (exact) mass is 361 g/mol. The molecule has 2 heterocycles. The fourth-order valence-electron chi connectivity index (χ4n) is 4.35. The Kier molecular flexibility index (Phi) is 5.64. The highest BCUT2D eigenvalue weighted by molar-refractivity contribution is 5.91. The Balaban J connectivity index is 1.11. The topological polar surface area (TPSA) is 45.2 Å². The maximum atomic E-state index is 11.9. The van der Waals surface area contributed by atoms with Crippen LogP contribution in [0, 0.1) is 17.8 Å². The summed E-state index contributed by atoms with van der Waals surface area (Å²) in [5.41, 5.74) is 2.37. The van der Waals surface area contributed by atoms with Gasteiger partial charge in [0, 0.05) is 44.6 Å². The van der Waals surface area contributed by atoms with Gasteiger partial charge < -0.3 is 10.2 Å². The SMILES string of the molecule is O=C(/C=C/c1cccnc1)NCCC1C2CN(CCc3ccccc3)CC12. The van der Waals surface area contributed by atoms with Crippen LogP contribution >= 0.6 is 0 Å². The number of fused-ring (bicyclic) bond motifs is 1. The van der Waals surface area contributed by atoms with Crippen LogP contribution in [0.2, 0.25) is 0 Å². The predicted molar refractivity (Wildman–Crippen MR) is 108 cm³/mol. The van der Waals surface area contributed by atoms with Crippen molar-refractivity contribution in [3.05, 3.63) is 72.1 Å². The first-order chi connectivity index (χ1) is 13.3. The minimum atomic E-state index is -0.0193. The third kappa shape index (κ3) is 4.83. The third-order valence-corrected chi connectivity index (χ3v) is 5.89. The predicted octanol–water partition coefficient (Wildman–Crippen LogP) is 3.02. The van der Waals surface area contributed by atoms with Crippen LogP contribution in [0.5, 0.6) is 0 Å². The number of amides is 1. The second kappa shape index (κ2) is 8.49. The van der Waals surface area contributed by atoms with Crippen LogP contribution in [0.15, 0.2) is 60.9 Å². The lowest BCUT2D eigenvalue weighted by atomic mass is 10.1. The number of carbonyl (C=O) groups excluding carboxylic acids is 1. The molecule has 140 valence electrons. The van der Waals surface area contributed by atoms with Gasteiger partial charge in [-0.05, 0) is 53.9 Å². The molecule has 2 fully saturated rings. The van der Waals surface area contributed by atoms with Crippen molar-refractivity contribution >= 4 is 12.0 Å². The molecule has 4 rings (SSSR count). The maximum Gasteiger partial charge on any atom is 0.244 e. The molecule has 1 aliphatic heterocycles. The first-order valence-corrected chi connectivity index (χ1v) is 9.92. The molecule has 2 unspecified atom stereocenters. The Morgan fingerprint density at radius 1 is 1.15 bits per heavy atom. The summed E-state index contributed by atoms with van der Waals surface area (Å²) in [7, 11) is 0. The summed E-state index contributed by atoms with van der Waals surface area (Å²) < 4.78 is 0. The molecule has 2 aliphatic rings. The summed E-state index contributed by atoms with van der Waals surface area (Å²) in [4.78, 5) is 18.6. The Hall–Kier alpha value is -2.46. The van der Waals surface area contributed by atoms with E-state index in [0.29, 0.717) is 0 Å². The molecule has 1 aromatic carbocycles. The molecule has 1 aromatic heterocycles. The van der Waals surface area contributed by atoms with Crippen LogP contribution in [-0.4, -0.2) is 42.0 Å². The Labute approximate surface area is 161 Å². The minimum absolute atomic E-state index is 0.0193. The van der Waals surface area contributed by atoms with E-state index in [9.17, 15) is 4.79 Å². The lowest BCUT2D eigenvalue weighted by Crippen LogP contribution is -2.28. The average molecular weight is 361 g/mol. The standard InChI is InChI=1S/C23H27N3O/c27-23(9-8-19-7-4-12-24-15-19)25-13-10-20-21-16-26(17-22(20)21)14-11-18-5-2-1-3-6-18/h1-9,12,15,20-22H,10-11,13-14,16-17H2,(H,25,27)/b9-8+. The molecule has 27 heavy (non-hydrogen) atoms. The molecule has 1 N–H and O–H groups in total. The molecule has 0 spiro atoms. The zero-order valence-electron chi connectivity index (χ0n) is 15.6. The lowest BCUT2D eigenvalue weighted by Gasteiger charge is -2.19. The minimum Gasteiger partial charge on any atom is -0.353 e. The first kappa shape index (κ1) is 17.9. The third-order valence-electron chi connectivity index (χ3n) is 5.89. The summed E-state index contributed by atoms with van der Waals surface area (Å²) >= 11 is 0. The molecule has 4 heteroatoms. The number of piperidine rings is 1. The van der Waals surface area contributed by atoms with Gasteiger partial charge in [-0.15, -0.1) is 0 Å². The number of aromatic nitrogens is 1. The highest BCUT2D eigenvalue weighted by atomic mass is 16.1. The zero-order chi connectivity index (χ0) is 18.5. The van der Waals surface area contributed by atoms with Gasteiger partial charge in [0.2, 0.25) is 5.91 Å². The number of nitrogens with one attached hydrogen (secondary N) is 1. The van der Waals surface area contributed by atoms with Crippen molar-refractivity contribution in [2.45, 2.75) is 12.8 Å². The van der Waals surface area contributed by atoms with E-state index in [4.69, 9.17) is 0 Å². The second-order valence-corrected chi connectivity index (χ2v) is 7.69. The van der Waals surface area contributed by atoms with E-state index < -0.39 is 0 Å². The normalized spacial score (nSPS) is 24.1. The largest absolute Gasteiger partial charge is 0.353 e. The van der Waals surface area contributed by atoms with E-state index in [0.717, 1.165) is 42.7 Å². The second-order valence-electron chi connectivity index (χ2n) is 7.69. The lowest BCUT2D eigenvalue weighted by molar-refractivity contribution is -0.116. The van der Waals surface area contributed by atoms with Gasteiger partial charge in [-0.3, -0.25) is 9.78 Å². The van der Waals surface area contributed by atoms with Gasteiger partial charge in [0.15, 0.2) is 0 Å². The summed E-state index contributed by atoms with van der Waals surface area (Å²) in [6, 6.07) is 14.5. The number of hydrogen-bond donors (Lipinski definition) is 1. The molecule has 0 bridgehead atoms. The summed E-state index contributed by atoms with van der Waals surface area (Å²) in [6.45, 7) is 4.41. The molecule has 4 nitrogen and oxygen atoms in total. The molecule has 1 saturated heterocycles. The van der Waals surface area contributed by atoms with Gasteiger partial charge in [-0.1, -0.05) is 36.4 Å². The van der Waals surface area contributed by atoms with Crippen LogP contribution in [0.1, 0.15) is 17.5 Å². The van der Waals surface area contributed by atoms with E-state index in [2.05, 4.69) is 45.5 Å². The molecule has 1 saturated carbocycles. The number of hydrogen-bond acceptors (Lipinski definition) is 3. The van der Waals surface area contributed by atoms with E-state index in [1.165, 1.54) is 25.2 Å². The van der Waals surface area contributed by atoms with Crippen LogP contribution in [0.4, 0.5) is 0 Å². The molecule has 1 amide bonds. The number of pyridine rings is 1. The van der Waals surface area contributed by atoms with Crippen molar-refractivity contribution in [2.24, 2.45) is 17.8 Å². The van der Waals surface area contributed by atoms with Crippen molar-refractivity contribution < 1.29 is 4.79 Å². The van der Waals surface area contributed by atoms with Crippen molar-refractivity contribution in [3.8, 4) is 0 Å². The fraction of sp³-hybridized carbons (Fsp3) is 0.391. The van der Waals surface area contributed by atoms with Crippen LogP contribution in [-0.2, 0) is 11.2 Å². The highest BCUT2D eigenvalue weighted by Crippen LogP contribution is 2.53. The van der Waals surface area contributed by atoms with Crippen molar-refractivity contribution in [1.29, 1.82) is 0 Å². The number of nitrogens with zero attached hydrogens (tertiary/aromatic N) is 2. The molecule has 2 aromatic rings. The quantitative estimate of drug-likeness (QED) is 0.735. The molecule has 0 radical (unpaired) electrons. The first-order valence-electron chi connectivity index (χ1n) is 9.92. The smallest absolute Gasteiger partial charge is 0.244 e. The van der Waals surface area contributed by atoms with Gasteiger partial charge >= 0.3 is 0 Å². The van der Waals surface area contributed by atoms with Crippen molar-refractivity contribution in [2.75, 3.05) is 26.2 Å². The molecule has 2 atom stereocenters. The summed E-state index contributed by atoms with van der Waals surface area (Å²) in [5, 5.41) is 3.01. The number of likely N-dealkylation sites (tertiary alicyclic amines) is 1. The van der Waals surface area contributed by atoms with Gasteiger partial charge in [0.25, 0.3) is 0 Å². The maximum absolute atomic E-state index is 11.9. The summed E-state index contributed by atoms with van der Waals surface area (Å²) in [6.07, 6.45) is 9.12. The van der Waals surface area contributed by atoms with Gasteiger partial charge in [0.1, 0.15) is 0 Å². The Morgan fingerprint density at radius 2 is 1.96 bits per heavy atom. The summed E-state index contributed by atoms with van der Waals surface area (Å²) in [5.74, 6) is 2.49. The van der Waals surface area contributed by atoms with Crippen molar-refractivity contribution in [1.82, 2.24) is 15.2 Å². The van der Waals surface area contributed by atoms with E-state index in [1.807, 2.05) is 12.1 Å². The average Bonchev–Trinajstić information content (AvgIpc) is 3.16. The molecular formula is C23H27N3O. The van der Waals surface area contributed by atoms with Crippen molar-refractivity contribution in [3.63, 3.8) is 0 Å². The fourth-order valence-corrected chi connectivity index (χ4v) is 4.35. The number of rotatable bonds is 8. The number of benzene rings is 1. The Morgan fingerprint density at radius 3 is 2.70 bits per heavy atom. The molecule has 1 aliphatic carbocycles. The Bertz CT molecular complexity index is 763. The van der Waals surface area contributed by atoms with E-state index in [1.54, 1.807) is 24.5 Å².